The summed E-state index contributed by atoms with van der Waals surface area (Å²) in [5, 5.41) is 0. The van der Waals surface area contributed by atoms with Gasteiger partial charge in [0.05, 0.1) is 0 Å². The average molecular weight is 135 g/mol. The summed E-state index contributed by atoms with van der Waals surface area (Å²) in [5.74, 6) is 0. The Balaban J connectivity index is 3.21. The van der Waals surface area contributed by atoms with E-state index < -0.39 is 0 Å². The molecule has 1 heterocycles. The molecule has 0 bridgehead atoms. The fourth-order valence-electron chi connectivity index (χ4n) is 0.766. The number of carbonyl (C=O) groups is 1. The van der Waals surface area contributed by atoms with E-state index in [1.807, 2.05) is 26.0 Å². The van der Waals surface area contributed by atoms with Crippen LogP contribution in [0.5, 0.6) is 0 Å². The second kappa shape index (κ2) is 2.60. The highest BCUT2D eigenvalue weighted by atomic mass is 16.1. The monoisotopic (exact) mass is 135 g/mol. The number of nitrogens with zero attached hydrogens (tertiary/aromatic N) is 1. The molecule has 0 radical (unpaired) electrons. The van der Waals surface area contributed by atoms with Crippen LogP contribution in [0.3, 0.4) is 0 Å². The second-order valence-corrected chi connectivity index (χ2v) is 2.27. The topological polar surface area (TPSA) is 30.0 Å². The molecular weight excluding hydrogens is 126 g/mol. The van der Waals surface area contributed by atoms with Gasteiger partial charge in [0.2, 0.25) is 0 Å². The number of rotatable bonds is 1. The zero-order chi connectivity index (χ0) is 7.56. The van der Waals surface area contributed by atoms with Crippen molar-refractivity contribution < 1.29 is 4.79 Å². The highest BCUT2D eigenvalue weighted by molar-refractivity contribution is 5.73. The van der Waals surface area contributed by atoms with Gasteiger partial charge in [-0.3, -0.25) is 9.78 Å². The van der Waals surface area contributed by atoms with Gasteiger partial charge in [-0.2, -0.15) is 0 Å². The number of aldehydes is 1. The first-order valence-electron chi connectivity index (χ1n) is 3.13. The molecule has 2 nitrogen and oxygen atoms in total. The van der Waals surface area contributed by atoms with Crippen LogP contribution in [-0.2, 0) is 0 Å². The highest BCUT2D eigenvalue weighted by Crippen LogP contribution is 2.02. The second-order valence-electron chi connectivity index (χ2n) is 2.27. The zero-order valence-corrected chi connectivity index (χ0v) is 6.09. The molecule has 0 saturated heterocycles. The van der Waals surface area contributed by atoms with E-state index in [4.69, 9.17) is 0 Å². The average Bonchev–Trinajstić information content (AvgIpc) is 1.94. The van der Waals surface area contributed by atoms with Crippen LogP contribution in [0.15, 0.2) is 12.1 Å². The van der Waals surface area contributed by atoms with Crippen LogP contribution in [0.1, 0.15) is 21.7 Å². The lowest BCUT2D eigenvalue weighted by molar-refractivity contribution is 0.111. The van der Waals surface area contributed by atoms with E-state index in [-0.39, 0.29) is 0 Å². The highest BCUT2D eigenvalue weighted by Gasteiger charge is 1.95. The maximum Gasteiger partial charge on any atom is 0.168 e. The number of carbonyl (C=O) groups excluding carboxylic acids is 1. The summed E-state index contributed by atoms with van der Waals surface area (Å²) in [4.78, 5) is 14.3. The van der Waals surface area contributed by atoms with Crippen molar-refractivity contribution >= 4 is 6.29 Å². The fraction of sp³-hybridized carbons (Fsp3) is 0.250. The molecule has 0 N–H and O–H groups in total. The van der Waals surface area contributed by atoms with E-state index in [2.05, 4.69) is 4.98 Å². The van der Waals surface area contributed by atoms with Crippen molar-refractivity contribution in [1.29, 1.82) is 0 Å². The number of aryl methyl sites for hydroxylation is 2. The summed E-state index contributed by atoms with van der Waals surface area (Å²) < 4.78 is 0. The molecule has 1 aromatic rings. The molecule has 1 rings (SSSR count). The number of hydrogen-bond donors (Lipinski definition) is 0. The van der Waals surface area contributed by atoms with E-state index in [0.29, 0.717) is 5.69 Å². The lowest BCUT2D eigenvalue weighted by Gasteiger charge is -1.96. The first kappa shape index (κ1) is 6.93. The largest absolute Gasteiger partial charge is 0.296 e. The van der Waals surface area contributed by atoms with Crippen molar-refractivity contribution in [3.8, 4) is 0 Å². The van der Waals surface area contributed by atoms with Crippen LogP contribution < -0.4 is 0 Å². The molecule has 0 spiro atoms. The van der Waals surface area contributed by atoms with E-state index in [0.717, 1.165) is 17.5 Å². The molecule has 0 atom stereocenters. The molecule has 1 aromatic heterocycles. The van der Waals surface area contributed by atoms with E-state index >= 15 is 0 Å². The Morgan fingerprint density at radius 3 is 2.60 bits per heavy atom. The molecule has 0 saturated carbocycles. The summed E-state index contributed by atoms with van der Waals surface area (Å²) in [7, 11) is 0. The van der Waals surface area contributed by atoms with Gasteiger partial charge in [0, 0.05) is 5.69 Å². The fourth-order valence-corrected chi connectivity index (χ4v) is 0.766. The van der Waals surface area contributed by atoms with Gasteiger partial charge in [0.15, 0.2) is 6.29 Å². The van der Waals surface area contributed by atoms with Gasteiger partial charge in [-0.25, -0.2) is 0 Å². The molecule has 0 aromatic carbocycles. The quantitative estimate of drug-likeness (QED) is 0.546. The van der Waals surface area contributed by atoms with Gasteiger partial charge in [-0.15, -0.1) is 0 Å². The van der Waals surface area contributed by atoms with Crippen LogP contribution in [0.2, 0.25) is 0 Å². The molecule has 0 unspecified atom stereocenters. The summed E-state index contributed by atoms with van der Waals surface area (Å²) in [6.07, 6.45) is 0.780. The van der Waals surface area contributed by atoms with E-state index in [9.17, 15) is 4.79 Å². The summed E-state index contributed by atoms with van der Waals surface area (Å²) in [5.41, 5.74) is 2.35. The number of pyridine rings is 1. The van der Waals surface area contributed by atoms with Gasteiger partial charge in [0.25, 0.3) is 0 Å². The SMILES string of the molecule is Cc1ccc(C)c(C=O)n1. The third kappa shape index (κ3) is 1.21. The maximum atomic E-state index is 10.3. The van der Waals surface area contributed by atoms with Crippen molar-refractivity contribution in [1.82, 2.24) is 4.98 Å². The first-order valence-corrected chi connectivity index (χ1v) is 3.13. The lowest BCUT2D eigenvalue weighted by atomic mass is 10.2. The number of aromatic nitrogens is 1. The summed E-state index contributed by atoms with van der Waals surface area (Å²) in [6, 6.07) is 3.79. The predicted molar refractivity (Wildman–Crippen MR) is 39.1 cm³/mol. The Labute approximate surface area is 59.9 Å². The summed E-state index contributed by atoms with van der Waals surface area (Å²) >= 11 is 0. The van der Waals surface area contributed by atoms with Crippen molar-refractivity contribution in [2.24, 2.45) is 0 Å². The normalized spacial score (nSPS) is 9.40. The molecule has 2 heteroatoms. The number of hydrogen-bond acceptors (Lipinski definition) is 2. The lowest BCUT2D eigenvalue weighted by Crippen LogP contribution is -1.92. The van der Waals surface area contributed by atoms with E-state index in [1.54, 1.807) is 0 Å². The molecule has 10 heavy (non-hydrogen) atoms. The van der Waals surface area contributed by atoms with Gasteiger partial charge in [0.1, 0.15) is 5.69 Å². The Kier molecular flexibility index (Phi) is 1.81. The van der Waals surface area contributed by atoms with Crippen LogP contribution >= 0.6 is 0 Å². The van der Waals surface area contributed by atoms with Gasteiger partial charge in [-0.1, -0.05) is 6.07 Å². The molecule has 0 fully saturated rings. The van der Waals surface area contributed by atoms with E-state index in [1.165, 1.54) is 0 Å². The third-order valence-corrected chi connectivity index (χ3v) is 1.39. The van der Waals surface area contributed by atoms with Gasteiger partial charge >= 0.3 is 0 Å². The molecule has 0 amide bonds. The van der Waals surface area contributed by atoms with Crippen LogP contribution in [0.4, 0.5) is 0 Å². The Morgan fingerprint density at radius 1 is 1.40 bits per heavy atom. The smallest absolute Gasteiger partial charge is 0.168 e. The molecule has 0 aliphatic heterocycles. The van der Waals surface area contributed by atoms with Crippen molar-refractivity contribution in [3.05, 3.63) is 29.1 Å². The Morgan fingerprint density at radius 2 is 2.10 bits per heavy atom. The maximum absolute atomic E-state index is 10.3. The Bertz CT molecular complexity index is 255. The van der Waals surface area contributed by atoms with Crippen molar-refractivity contribution in [3.63, 3.8) is 0 Å². The first-order chi connectivity index (χ1) is 4.74. The van der Waals surface area contributed by atoms with Crippen molar-refractivity contribution in [2.45, 2.75) is 13.8 Å². The minimum Gasteiger partial charge on any atom is -0.296 e. The molecule has 0 aliphatic rings. The van der Waals surface area contributed by atoms with Crippen LogP contribution in [-0.4, -0.2) is 11.3 Å². The summed E-state index contributed by atoms with van der Waals surface area (Å²) in [6.45, 7) is 3.74. The van der Waals surface area contributed by atoms with Crippen molar-refractivity contribution in [2.75, 3.05) is 0 Å². The van der Waals surface area contributed by atoms with Gasteiger partial charge in [-0.05, 0) is 25.5 Å². The molecular formula is C8H9NO. The minimum atomic E-state index is 0.542. The zero-order valence-electron chi connectivity index (χ0n) is 6.09. The molecule has 52 valence electrons. The molecule has 0 aliphatic carbocycles. The van der Waals surface area contributed by atoms with Crippen LogP contribution in [0.25, 0.3) is 0 Å². The minimum absolute atomic E-state index is 0.542. The third-order valence-electron chi connectivity index (χ3n) is 1.39. The Hall–Kier alpha value is -1.18. The van der Waals surface area contributed by atoms with Crippen LogP contribution in [0, 0.1) is 13.8 Å². The van der Waals surface area contributed by atoms with Gasteiger partial charge < -0.3 is 0 Å². The predicted octanol–water partition coefficient (Wildman–Crippen LogP) is 1.51. The standard InChI is InChI=1S/C8H9NO/c1-6-3-4-7(2)9-8(6)5-10/h3-5H,1-2H3.